The van der Waals surface area contributed by atoms with Gasteiger partial charge in [-0.2, -0.15) is 0 Å². The molecule has 2 amide bonds. The van der Waals surface area contributed by atoms with Crippen molar-refractivity contribution in [3.63, 3.8) is 0 Å². The van der Waals surface area contributed by atoms with Crippen molar-refractivity contribution in [1.29, 1.82) is 0 Å². The molecule has 0 radical (unpaired) electrons. The van der Waals surface area contributed by atoms with Gasteiger partial charge < -0.3 is 20.1 Å². The molecule has 2 N–H and O–H groups in total. The van der Waals surface area contributed by atoms with E-state index in [0.717, 1.165) is 0 Å². The lowest BCUT2D eigenvalue weighted by Gasteiger charge is -2.14. The summed E-state index contributed by atoms with van der Waals surface area (Å²) < 4.78 is 10.3. The van der Waals surface area contributed by atoms with E-state index in [9.17, 15) is 4.79 Å². The third-order valence-electron chi connectivity index (χ3n) is 2.90. The molecule has 0 saturated carbocycles. The molecule has 0 aliphatic carbocycles. The van der Waals surface area contributed by atoms with E-state index in [1.54, 1.807) is 24.3 Å². The van der Waals surface area contributed by atoms with Crippen molar-refractivity contribution in [3.05, 3.63) is 45.4 Å². The van der Waals surface area contributed by atoms with E-state index in [2.05, 4.69) is 10.6 Å². The molecule has 122 valence electrons. The maximum Gasteiger partial charge on any atom is 0.323 e. The Bertz CT molecular complexity index is 738. The Hall–Kier alpha value is -1.82. The highest BCUT2D eigenvalue weighted by Crippen LogP contribution is 2.36. The number of hydrogen-bond donors (Lipinski definition) is 2. The van der Waals surface area contributed by atoms with Crippen LogP contribution >= 0.6 is 34.8 Å². The van der Waals surface area contributed by atoms with E-state index in [4.69, 9.17) is 44.3 Å². The summed E-state index contributed by atoms with van der Waals surface area (Å²) in [6.45, 7) is 0. The number of anilines is 2. The molecule has 23 heavy (non-hydrogen) atoms. The molecule has 0 spiro atoms. The quantitative estimate of drug-likeness (QED) is 0.761. The summed E-state index contributed by atoms with van der Waals surface area (Å²) in [5, 5.41) is 6.37. The Labute approximate surface area is 148 Å². The summed E-state index contributed by atoms with van der Waals surface area (Å²) >= 11 is 17.8. The predicted octanol–water partition coefficient (Wildman–Crippen LogP) is 5.31. The second-order valence-corrected chi connectivity index (χ2v) is 5.62. The smallest absolute Gasteiger partial charge is 0.323 e. The summed E-state index contributed by atoms with van der Waals surface area (Å²) in [5.74, 6) is 0.856. The monoisotopic (exact) mass is 374 g/mol. The predicted molar refractivity (Wildman–Crippen MR) is 93.7 cm³/mol. The van der Waals surface area contributed by atoms with Crippen LogP contribution in [-0.2, 0) is 0 Å². The van der Waals surface area contributed by atoms with Crippen LogP contribution in [0.25, 0.3) is 0 Å². The van der Waals surface area contributed by atoms with Crippen LogP contribution < -0.4 is 20.1 Å². The molecule has 0 saturated heterocycles. The van der Waals surface area contributed by atoms with E-state index < -0.39 is 6.03 Å². The van der Waals surface area contributed by atoms with E-state index in [1.165, 1.54) is 20.3 Å². The molecular formula is C15H13Cl3N2O3. The van der Waals surface area contributed by atoms with Gasteiger partial charge in [0.25, 0.3) is 0 Å². The molecule has 0 aliphatic heterocycles. The summed E-state index contributed by atoms with van der Waals surface area (Å²) in [5.41, 5.74) is 0.895. The summed E-state index contributed by atoms with van der Waals surface area (Å²) in [7, 11) is 2.97. The lowest BCUT2D eigenvalue weighted by Crippen LogP contribution is -2.19. The normalized spacial score (nSPS) is 10.1. The number of rotatable bonds is 4. The van der Waals surface area contributed by atoms with Crippen LogP contribution in [0.3, 0.4) is 0 Å². The lowest BCUT2D eigenvalue weighted by molar-refractivity contribution is 0.262. The van der Waals surface area contributed by atoms with Crippen molar-refractivity contribution in [3.8, 4) is 11.5 Å². The van der Waals surface area contributed by atoms with Gasteiger partial charge in [-0.25, -0.2) is 4.79 Å². The fourth-order valence-corrected chi connectivity index (χ4v) is 2.36. The Morgan fingerprint density at radius 2 is 1.57 bits per heavy atom. The minimum Gasteiger partial charge on any atom is -0.495 e. The first-order valence-electron chi connectivity index (χ1n) is 6.39. The number of amides is 2. The van der Waals surface area contributed by atoms with Gasteiger partial charge in [-0.05, 0) is 24.3 Å². The molecule has 0 atom stereocenters. The molecule has 2 aromatic carbocycles. The fraction of sp³-hybridized carbons (Fsp3) is 0.133. The minimum absolute atomic E-state index is 0.342. The average molecular weight is 376 g/mol. The van der Waals surface area contributed by atoms with Gasteiger partial charge in [-0.15, -0.1) is 0 Å². The molecule has 0 bridgehead atoms. The zero-order chi connectivity index (χ0) is 17.0. The minimum atomic E-state index is -0.483. The van der Waals surface area contributed by atoms with E-state index in [-0.39, 0.29) is 0 Å². The first kappa shape index (κ1) is 17.5. The van der Waals surface area contributed by atoms with Crippen LogP contribution in [0.4, 0.5) is 16.2 Å². The van der Waals surface area contributed by atoms with Crippen molar-refractivity contribution < 1.29 is 14.3 Å². The van der Waals surface area contributed by atoms with Crippen molar-refractivity contribution in [2.24, 2.45) is 0 Å². The van der Waals surface area contributed by atoms with Crippen molar-refractivity contribution in [1.82, 2.24) is 0 Å². The van der Waals surface area contributed by atoms with Gasteiger partial charge in [0.15, 0.2) is 0 Å². The van der Waals surface area contributed by atoms with Gasteiger partial charge in [0.05, 0.1) is 35.0 Å². The number of benzene rings is 2. The lowest BCUT2D eigenvalue weighted by atomic mass is 10.2. The molecule has 0 aromatic heterocycles. The highest BCUT2D eigenvalue weighted by Gasteiger charge is 2.13. The number of hydrogen-bond acceptors (Lipinski definition) is 3. The van der Waals surface area contributed by atoms with E-state index in [1.807, 2.05) is 0 Å². The Morgan fingerprint density at radius 3 is 2.17 bits per heavy atom. The highest BCUT2D eigenvalue weighted by molar-refractivity contribution is 6.42. The molecule has 2 rings (SSSR count). The van der Waals surface area contributed by atoms with Crippen LogP contribution in [0.1, 0.15) is 0 Å². The van der Waals surface area contributed by atoms with Gasteiger partial charge >= 0.3 is 6.03 Å². The van der Waals surface area contributed by atoms with Crippen LogP contribution in [0, 0.1) is 0 Å². The molecule has 8 heteroatoms. The average Bonchev–Trinajstić information content (AvgIpc) is 2.51. The third kappa shape index (κ3) is 4.34. The molecule has 0 heterocycles. The van der Waals surface area contributed by atoms with Crippen LogP contribution in [0.15, 0.2) is 30.3 Å². The van der Waals surface area contributed by atoms with E-state index >= 15 is 0 Å². The fourth-order valence-electron chi connectivity index (χ4n) is 1.82. The number of halogens is 3. The maximum absolute atomic E-state index is 12.1. The number of carbonyl (C=O) groups is 1. The first-order chi connectivity index (χ1) is 10.9. The van der Waals surface area contributed by atoms with E-state index in [0.29, 0.717) is 37.9 Å². The topological polar surface area (TPSA) is 59.6 Å². The Kier molecular flexibility index (Phi) is 5.82. The van der Waals surface area contributed by atoms with Crippen molar-refractivity contribution in [2.75, 3.05) is 24.9 Å². The van der Waals surface area contributed by atoms with Crippen LogP contribution in [0.2, 0.25) is 15.1 Å². The molecule has 0 aliphatic rings. The largest absolute Gasteiger partial charge is 0.495 e. The molecular weight excluding hydrogens is 363 g/mol. The maximum atomic E-state index is 12.1. The second-order valence-electron chi connectivity index (χ2n) is 4.40. The number of ether oxygens (including phenoxy) is 2. The van der Waals surface area contributed by atoms with Gasteiger partial charge in [0.2, 0.25) is 0 Å². The van der Waals surface area contributed by atoms with Gasteiger partial charge in [0.1, 0.15) is 11.5 Å². The number of urea groups is 1. The number of carbonyl (C=O) groups excluding carboxylic acids is 1. The first-order valence-corrected chi connectivity index (χ1v) is 7.52. The number of nitrogens with one attached hydrogen (secondary N) is 2. The zero-order valence-electron chi connectivity index (χ0n) is 12.2. The Morgan fingerprint density at radius 1 is 0.870 bits per heavy atom. The molecule has 5 nitrogen and oxygen atoms in total. The molecule has 0 fully saturated rings. The van der Waals surface area contributed by atoms with Gasteiger partial charge in [-0.1, -0.05) is 34.8 Å². The third-order valence-corrected chi connectivity index (χ3v) is 3.93. The van der Waals surface area contributed by atoms with Crippen molar-refractivity contribution in [2.45, 2.75) is 0 Å². The SMILES string of the molecule is COc1cc(OC)c(NC(=O)Nc2ccc(Cl)c(Cl)c2)cc1Cl. The van der Waals surface area contributed by atoms with Crippen molar-refractivity contribution >= 4 is 52.2 Å². The molecule has 0 unspecified atom stereocenters. The van der Waals surface area contributed by atoms with Gasteiger partial charge in [0, 0.05) is 11.8 Å². The summed E-state index contributed by atoms with van der Waals surface area (Å²) in [6, 6.07) is 7.39. The summed E-state index contributed by atoms with van der Waals surface area (Å²) in [4.78, 5) is 12.1. The highest BCUT2D eigenvalue weighted by atomic mass is 35.5. The van der Waals surface area contributed by atoms with Crippen LogP contribution in [0.5, 0.6) is 11.5 Å². The zero-order valence-corrected chi connectivity index (χ0v) is 14.5. The number of methoxy groups -OCH3 is 2. The van der Waals surface area contributed by atoms with Crippen LogP contribution in [-0.4, -0.2) is 20.3 Å². The second kappa shape index (κ2) is 7.64. The summed E-state index contributed by atoms with van der Waals surface area (Å²) in [6.07, 6.45) is 0. The van der Waals surface area contributed by atoms with Gasteiger partial charge in [-0.3, -0.25) is 0 Å². The standard InChI is InChI=1S/C15H13Cl3N2O3/c1-22-13-7-14(23-2)12(6-11(13)18)20-15(21)19-8-3-4-9(16)10(17)5-8/h3-7H,1-2H3,(H2,19,20,21). The Balaban J connectivity index is 2.16. The molecule has 2 aromatic rings.